The van der Waals surface area contributed by atoms with E-state index in [9.17, 15) is 4.79 Å². The number of amides is 1. The second-order valence-corrected chi connectivity index (χ2v) is 8.73. The van der Waals surface area contributed by atoms with Crippen LogP contribution in [0.3, 0.4) is 0 Å². The maximum atomic E-state index is 11.9. The number of unbranched alkanes of at least 4 members (excludes halogenated alkanes) is 1. The molecule has 1 heterocycles. The number of nitrogens with zero attached hydrogens (tertiary/aromatic N) is 2. The summed E-state index contributed by atoms with van der Waals surface area (Å²) in [5.74, 6) is 0.746. The molecule has 1 amide bonds. The molecule has 0 saturated carbocycles. The topological polar surface area (TPSA) is 87.6 Å². The van der Waals surface area contributed by atoms with Gasteiger partial charge in [0.15, 0.2) is 5.96 Å². The number of hydrogen-bond donors (Lipinski definition) is 3. The third-order valence-corrected chi connectivity index (χ3v) is 4.44. The predicted octanol–water partition coefficient (Wildman–Crippen LogP) is 4.21. The Bertz CT molecular complexity index is 601. The number of thiazole rings is 1. The molecule has 3 N–H and O–H groups in total. The summed E-state index contributed by atoms with van der Waals surface area (Å²) in [7, 11) is 0. The zero-order valence-corrected chi connectivity index (χ0v) is 21.1. The van der Waals surface area contributed by atoms with Crippen LogP contribution in [0, 0.1) is 6.92 Å². The average molecular weight is 526 g/mol. The lowest BCUT2D eigenvalue weighted by Gasteiger charge is -2.24. The van der Waals surface area contributed by atoms with Gasteiger partial charge in [0.05, 0.1) is 11.6 Å². The molecule has 0 radical (unpaired) electrons. The van der Waals surface area contributed by atoms with Gasteiger partial charge in [-0.2, -0.15) is 0 Å². The van der Waals surface area contributed by atoms with Crippen LogP contribution in [-0.2, 0) is 11.3 Å². The molecule has 0 saturated heterocycles. The average Bonchev–Trinajstić information content (AvgIpc) is 2.99. The molecule has 1 aromatic heterocycles. The van der Waals surface area contributed by atoms with Gasteiger partial charge in [0, 0.05) is 30.2 Å². The van der Waals surface area contributed by atoms with Crippen molar-refractivity contribution in [1.82, 2.24) is 20.9 Å². The largest absolute Gasteiger partial charge is 0.444 e. The first kappa shape index (κ1) is 26.9. The Morgan fingerprint density at radius 1 is 1.32 bits per heavy atom. The minimum absolute atomic E-state index is 0. The zero-order valence-electron chi connectivity index (χ0n) is 17.9. The normalized spacial score (nSPS) is 12.7. The molecule has 0 spiro atoms. The highest BCUT2D eigenvalue weighted by Crippen LogP contribution is 2.12. The molecule has 0 aliphatic rings. The minimum atomic E-state index is -0.500. The summed E-state index contributed by atoms with van der Waals surface area (Å²) in [6, 6.07) is 0.0819. The second kappa shape index (κ2) is 14.0. The summed E-state index contributed by atoms with van der Waals surface area (Å²) in [5.41, 5.74) is -0.500. The monoisotopic (exact) mass is 525 g/mol. The summed E-state index contributed by atoms with van der Waals surface area (Å²) >= 11 is 1.65. The summed E-state index contributed by atoms with van der Waals surface area (Å²) in [4.78, 5) is 22.0. The minimum Gasteiger partial charge on any atom is -0.444 e. The van der Waals surface area contributed by atoms with Crippen LogP contribution >= 0.6 is 35.3 Å². The first-order valence-corrected chi connectivity index (χ1v) is 10.5. The Balaban J connectivity index is 0.00000729. The van der Waals surface area contributed by atoms with Crippen LogP contribution in [0.15, 0.2) is 11.2 Å². The van der Waals surface area contributed by atoms with E-state index >= 15 is 0 Å². The molecular weight excluding hydrogens is 489 g/mol. The first-order valence-electron chi connectivity index (χ1n) is 9.66. The fourth-order valence-corrected chi connectivity index (χ4v) is 3.06. The van der Waals surface area contributed by atoms with Gasteiger partial charge in [-0.05, 0) is 41.0 Å². The summed E-state index contributed by atoms with van der Waals surface area (Å²) in [5, 5.41) is 10.6. The van der Waals surface area contributed by atoms with E-state index < -0.39 is 11.7 Å². The van der Waals surface area contributed by atoms with Crippen LogP contribution in [0.2, 0.25) is 0 Å². The van der Waals surface area contributed by atoms with E-state index in [1.165, 1.54) is 0 Å². The lowest BCUT2D eigenvalue weighted by Crippen LogP contribution is -2.49. The highest BCUT2D eigenvalue weighted by atomic mass is 127. The molecular formula is C19H36IN5O2S. The number of carbonyl (C=O) groups excluding carboxylic acids is 1. The number of halogens is 1. The fraction of sp³-hybridized carbons (Fsp3) is 0.737. The van der Waals surface area contributed by atoms with Gasteiger partial charge in [-0.3, -0.25) is 0 Å². The number of rotatable bonds is 9. The Morgan fingerprint density at radius 3 is 2.57 bits per heavy atom. The molecule has 1 unspecified atom stereocenters. The molecule has 9 heteroatoms. The highest BCUT2D eigenvalue weighted by Gasteiger charge is 2.18. The van der Waals surface area contributed by atoms with Gasteiger partial charge in [0.1, 0.15) is 5.60 Å². The number of ether oxygens (including phenoxy) is 1. The zero-order chi connectivity index (χ0) is 20.3. The van der Waals surface area contributed by atoms with Crippen LogP contribution in [0.1, 0.15) is 63.8 Å². The molecule has 0 fully saturated rings. The molecule has 1 aromatic rings. The smallest absolute Gasteiger partial charge is 0.407 e. The molecule has 0 aliphatic heterocycles. The molecule has 0 aliphatic carbocycles. The first-order chi connectivity index (χ1) is 12.7. The molecule has 0 aromatic carbocycles. The Kier molecular flexibility index (Phi) is 13.4. The number of carbonyl (C=O) groups is 1. The van der Waals surface area contributed by atoms with E-state index in [0.29, 0.717) is 13.1 Å². The fourth-order valence-electron chi connectivity index (χ4n) is 2.35. The van der Waals surface area contributed by atoms with E-state index in [4.69, 9.17) is 4.74 Å². The molecule has 162 valence electrons. The Hall–Kier alpha value is -1.10. The highest BCUT2D eigenvalue weighted by molar-refractivity contribution is 14.0. The summed E-state index contributed by atoms with van der Waals surface area (Å²) in [6.07, 6.45) is 4.58. The van der Waals surface area contributed by atoms with Crippen molar-refractivity contribution in [2.45, 2.75) is 79.0 Å². The molecule has 0 bridgehead atoms. The third kappa shape index (κ3) is 12.4. The number of guanidine groups is 1. The van der Waals surface area contributed by atoms with Crippen molar-refractivity contribution in [3.63, 3.8) is 0 Å². The number of nitrogens with one attached hydrogen (secondary N) is 3. The Labute approximate surface area is 190 Å². The van der Waals surface area contributed by atoms with E-state index in [-0.39, 0.29) is 30.0 Å². The van der Waals surface area contributed by atoms with Crippen molar-refractivity contribution in [3.05, 3.63) is 16.1 Å². The summed E-state index contributed by atoms with van der Waals surface area (Å²) < 4.78 is 5.32. The van der Waals surface area contributed by atoms with Gasteiger partial charge in [-0.25, -0.2) is 14.8 Å². The quantitative estimate of drug-likeness (QED) is 0.256. The van der Waals surface area contributed by atoms with Gasteiger partial charge < -0.3 is 20.7 Å². The summed E-state index contributed by atoms with van der Waals surface area (Å²) in [6.45, 7) is 13.6. The number of hydrogen-bond acceptors (Lipinski definition) is 5. The molecule has 28 heavy (non-hydrogen) atoms. The van der Waals surface area contributed by atoms with E-state index in [1.807, 2.05) is 40.8 Å². The maximum absolute atomic E-state index is 11.9. The van der Waals surface area contributed by atoms with Crippen LogP contribution in [0.25, 0.3) is 0 Å². The van der Waals surface area contributed by atoms with Gasteiger partial charge >= 0.3 is 6.09 Å². The second-order valence-electron chi connectivity index (χ2n) is 7.41. The number of aryl methyl sites for hydroxylation is 1. The van der Waals surface area contributed by atoms with E-state index in [1.54, 1.807) is 11.3 Å². The molecule has 1 rings (SSSR count). The van der Waals surface area contributed by atoms with Crippen molar-refractivity contribution in [2.75, 3.05) is 13.1 Å². The van der Waals surface area contributed by atoms with Crippen LogP contribution in [-0.4, -0.2) is 41.8 Å². The van der Waals surface area contributed by atoms with Gasteiger partial charge in [-0.1, -0.05) is 19.8 Å². The van der Waals surface area contributed by atoms with Crippen molar-refractivity contribution in [3.8, 4) is 0 Å². The number of aromatic nitrogens is 1. The lowest BCUT2D eigenvalue weighted by molar-refractivity contribution is 0.0523. The van der Waals surface area contributed by atoms with Crippen LogP contribution in [0.5, 0.6) is 0 Å². The van der Waals surface area contributed by atoms with Gasteiger partial charge in [0.25, 0.3) is 0 Å². The molecule has 7 nitrogen and oxygen atoms in total. The van der Waals surface area contributed by atoms with Crippen molar-refractivity contribution in [1.29, 1.82) is 0 Å². The van der Waals surface area contributed by atoms with E-state index in [0.717, 1.165) is 41.7 Å². The molecule has 1 atom stereocenters. The third-order valence-electron chi connectivity index (χ3n) is 3.55. The van der Waals surface area contributed by atoms with Crippen molar-refractivity contribution >= 4 is 47.4 Å². The standard InChI is InChI=1S/C19H35N5O2S.HI/c1-7-9-10-15(11-23-18(25)26-19(4,5)6)24-17(20-8-2)22-13-16-12-21-14(3)27-16;/h12,15H,7-11,13H2,1-6H3,(H,23,25)(H2,20,22,24);1H. The maximum Gasteiger partial charge on any atom is 0.407 e. The predicted molar refractivity (Wildman–Crippen MR) is 128 cm³/mol. The van der Waals surface area contributed by atoms with E-state index in [2.05, 4.69) is 32.9 Å². The van der Waals surface area contributed by atoms with Gasteiger partial charge in [0.2, 0.25) is 0 Å². The van der Waals surface area contributed by atoms with Crippen LogP contribution in [0.4, 0.5) is 4.79 Å². The Morgan fingerprint density at radius 2 is 2.04 bits per heavy atom. The van der Waals surface area contributed by atoms with Gasteiger partial charge in [-0.15, -0.1) is 35.3 Å². The number of aliphatic imine (C=N–C) groups is 1. The van der Waals surface area contributed by atoms with Crippen LogP contribution < -0.4 is 16.0 Å². The van der Waals surface area contributed by atoms with Crippen molar-refractivity contribution < 1.29 is 9.53 Å². The lowest BCUT2D eigenvalue weighted by atomic mass is 10.1. The van der Waals surface area contributed by atoms with Crippen molar-refractivity contribution in [2.24, 2.45) is 4.99 Å². The number of alkyl carbamates (subject to hydrolysis) is 1. The SMILES string of the molecule is CCCCC(CNC(=O)OC(C)(C)C)NC(=NCc1cnc(C)s1)NCC.I.